The van der Waals surface area contributed by atoms with E-state index in [-0.39, 0.29) is 42.1 Å². The summed E-state index contributed by atoms with van der Waals surface area (Å²) in [5, 5.41) is 5.53. The second kappa shape index (κ2) is 11.9. The molecule has 2 aliphatic rings. The second-order valence-electron chi connectivity index (χ2n) is 10.1. The van der Waals surface area contributed by atoms with E-state index in [1.807, 2.05) is 0 Å². The third kappa shape index (κ3) is 6.51. The molecular formula is C28H32ClFN2O6. The number of carbonyl (C=O) groups is 4. The van der Waals surface area contributed by atoms with E-state index in [9.17, 15) is 23.6 Å². The van der Waals surface area contributed by atoms with Crippen molar-refractivity contribution in [2.24, 2.45) is 5.92 Å². The average Bonchev–Trinajstić information content (AvgIpc) is 3.39. The van der Waals surface area contributed by atoms with Gasteiger partial charge in [-0.05, 0) is 76.1 Å². The summed E-state index contributed by atoms with van der Waals surface area (Å²) in [4.78, 5) is 50.4. The van der Waals surface area contributed by atoms with E-state index in [1.54, 1.807) is 32.0 Å². The summed E-state index contributed by atoms with van der Waals surface area (Å²) in [7, 11) is 0. The Hall–Kier alpha value is -3.46. The van der Waals surface area contributed by atoms with Gasteiger partial charge in [0.25, 0.3) is 5.91 Å². The first kappa shape index (κ1) is 29.1. The smallest absolute Gasteiger partial charge is 0.325 e. The topological polar surface area (TPSA) is 111 Å². The van der Waals surface area contributed by atoms with Crippen LogP contribution in [0.2, 0.25) is 0 Å². The third-order valence-corrected chi connectivity index (χ3v) is 6.90. The molecule has 204 valence electrons. The zero-order valence-corrected chi connectivity index (χ0v) is 22.4. The molecule has 1 heterocycles. The van der Waals surface area contributed by atoms with E-state index in [0.29, 0.717) is 16.9 Å². The largest absolute Gasteiger partial charge is 0.484 e. The van der Waals surface area contributed by atoms with Crippen molar-refractivity contribution in [2.75, 3.05) is 6.54 Å². The van der Waals surface area contributed by atoms with Gasteiger partial charge in [-0.3, -0.25) is 19.2 Å². The van der Waals surface area contributed by atoms with Gasteiger partial charge in [0, 0.05) is 22.6 Å². The van der Waals surface area contributed by atoms with Crippen LogP contribution in [0.5, 0.6) is 5.75 Å². The molecule has 1 fully saturated rings. The van der Waals surface area contributed by atoms with Gasteiger partial charge in [0.15, 0.2) is 11.9 Å². The summed E-state index contributed by atoms with van der Waals surface area (Å²) in [6.07, 6.45) is 2.59. The molecule has 0 unspecified atom stereocenters. The fourth-order valence-corrected chi connectivity index (χ4v) is 4.87. The number of nitrogens with one attached hydrogen (secondary N) is 2. The molecule has 1 aliphatic heterocycles. The summed E-state index contributed by atoms with van der Waals surface area (Å²) in [5.74, 6) is -1.70. The Kier molecular flexibility index (Phi) is 9.14. The van der Waals surface area contributed by atoms with E-state index in [4.69, 9.17) is 9.47 Å². The summed E-state index contributed by atoms with van der Waals surface area (Å²) in [5.41, 5.74) is 0.00695. The molecule has 2 aromatic rings. The zero-order valence-electron chi connectivity index (χ0n) is 21.5. The predicted octanol–water partition coefficient (Wildman–Crippen LogP) is 4.31. The maximum absolute atomic E-state index is 13.4. The molecule has 38 heavy (non-hydrogen) atoms. The van der Waals surface area contributed by atoms with Crippen LogP contribution in [-0.4, -0.2) is 41.8 Å². The number of fused-ring (bicyclic) bond motifs is 1. The van der Waals surface area contributed by atoms with Crippen LogP contribution >= 0.6 is 12.4 Å². The Labute approximate surface area is 227 Å². The van der Waals surface area contributed by atoms with Gasteiger partial charge >= 0.3 is 5.97 Å². The van der Waals surface area contributed by atoms with Crippen molar-refractivity contribution in [3.8, 4) is 5.75 Å². The number of benzene rings is 2. The first-order chi connectivity index (χ1) is 17.5. The Balaban J connectivity index is 0.00000400. The van der Waals surface area contributed by atoms with Crippen molar-refractivity contribution in [2.45, 2.75) is 64.2 Å². The molecule has 0 aromatic heterocycles. The van der Waals surface area contributed by atoms with Crippen molar-refractivity contribution in [1.29, 1.82) is 0 Å². The van der Waals surface area contributed by atoms with Gasteiger partial charge in [-0.2, -0.15) is 0 Å². The molecular weight excluding hydrogens is 515 g/mol. The monoisotopic (exact) mass is 546 g/mol. The van der Waals surface area contributed by atoms with E-state index < -0.39 is 35.4 Å². The molecule has 2 amide bonds. The third-order valence-electron chi connectivity index (χ3n) is 6.90. The van der Waals surface area contributed by atoms with Crippen LogP contribution in [0.25, 0.3) is 0 Å². The van der Waals surface area contributed by atoms with Gasteiger partial charge in [-0.15, -0.1) is 12.4 Å². The molecule has 2 atom stereocenters. The molecule has 1 saturated carbocycles. The highest BCUT2D eigenvalue weighted by Crippen LogP contribution is 2.42. The Bertz CT molecular complexity index is 1210. The van der Waals surface area contributed by atoms with Crippen molar-refractivity contribution >= 4 is 36.0 Å². The number of Topliss-reactive ketones (excluding diaryl/α,β-unsaturated/α-hetero) is 1. The summed E-state index contributed by atoms with van der Waals surface area (Å²) < 4.78 is 25.3. The Morgan fingerprint density at radius 3 is 2.29 bits per heavy atom. The van der Waals surface area contributed by atoms with E-state index in [1.165, 1.54) is 31.2 Å². The van der Waals surface area contributed by atoms with E-state index >= 15 is 0 Å². The number of hydrogen-bond acceptors (Lipinski definition) is 6. The molecule has 0 bridgehead atoms. The summed E-state index contributed by atoms with van der Waals surface area (Å²) >= 11 is 0. The maximum Gasteiger partial charge on any atom is 0.325 e. The van der Waals surface area contributed by atoms with Crippen molar-refractivity contribution < 1.29 is 33.0 Å². The van der Waals surface area contributed by atoms with Crippen molar-refractivity contribution in [3.63, 3.8) is 0 Å². The van der Waals surface area contributed by atoms with Crippen molar-refractivity contribution in [1.82, 2.24) is 10.6 Å². The zero-order chi connectivity index (χ0) is 26.7. The van der Waals surface area contributed by atoms with Gasteiger partial charge in [-0.1, -0.05) is 12.8 Å². The van der Waals surface area contributed by atoms with Gasteiger partial charge in [0.1, 0.15) is 23.7 Å². The molecule has 4 rings (SSSR count). The van der Waals surface area contributed by atoms with Crippen LogP contribution in [0.4, 0.5) is 4.39 Å². The first-order valence-corrected chi connectivity index (χ1v) is 12.4. The number of esters is 1. The van der Waals surface area contributed by atoms with Crippen molar-refractivity contribution in [3.05, 3.63) is 65.0 Å². The Morgan fingerprint density at radius 1 is 1.03 bits per heavy atom. The normalized spacial score (nSPS) is 19.8. The first-order valence-electron chi connectivity index (χ1n) is 12.4. The molecule has 2 N–H and O–H groups in total. The lowest BCUT2D eigenvalue weighted by atomic mass is 9.85. The molecule has 8 nitrogen and oxygen atoms in total. The number of halogens is 2. The minimum Gasteiger partial charge on any atom is -0.484 e. The van der Waals surface area contributed by atoms with Crippen LogP contribution in [0.15, 0.2) is 42.5 Å². The van der Waals surface area contributed by atoms with Crippen LogP contribution in [-0.2, 0) is 14.3 Å². The number of amides is 2. The summed E-state index contributed by atoms with van der Waals surface area (Å²) in [6, 6.07) is 9.04. The number of hydrogen-bond donors (Lipinski definition) is 2. The van der Waals surface area contributed by atoms with Gasteiger partial charge in [0.2, 0.25) is 5.91 Å². The highest BCUT2D eigenvalue weighted by molar-refractivity contribution is 5.96. The SMILES string of the molecule is CC(=O)c1ccc2c(c1)[C@H](NC(=O)c1ccc(F)cc1)[C@@H](OC(=O)CNC(=O)C1CCCC1)C(C)(C)O2.Cl. The van der Waals surface area contributed by atoms with Crippen LogP contribution in [0, 0.1) is 11.7 Å². The second-order valence-corrected chi connectivity index (χ2v) is 10.1. The lowest BCUT2D eigenvalue weighted by Gasteiger charge is -2.44. The molecule has 2 aromatic carbocycles. The minimum atomic E-state index is -1.07. The Morgan fingerprint density at radius 2 is 1.66 bits per heavy atom. The minimum absolute atomic E-state index is 0. The van der Waals surface area contributed by atoms with E-state index in [2.05, 4.69) is 10.6 Å². The highest BCUT2D eigenvalue weighted by Gasteiger charge is 2.47. The van der Waals surface area contributed by atoms with Gasteiger partial charge in [0.05, 0.1) is 6.04 Å². The number of rotatable bonds is 7. The fraction of sp³-hybridized carbons (Fsp3) is 0.429. The quantitative estimate of drug-likeness (QED) is 0.395. The lowest BCUT2D eigenvalue weighted by molar-refractivity contribution is -0.164. The van der Waals surface area contributed by atoms with Crippen LogP contribution < -0.4 is 15.4 Å². The lowest BCUT2D eigenvalue weighted by Crippen LogP contribution is -2.56. The molecule has 0 spiro atoms. The van der Waals surface area contributed by atoms with Crippen LogP contribution in [0.3, 0.4) is 0 Å². The number of ketones is 1. The fourth-order valence-electron chi connectivity index (χ4n) is 4.87. The number of ether oxygens (including phenoxy) is 2. The van der Waals surface area contributed by atoms with Gasteiger partial charge in [-0.25, -0.2) is 4.39 Å². The highest BCUT2D eigenvalue weighted by atomic mass is 35.5. The molecule has 0 radical (unpaired) electrons. The van der Waals surface area contributed by atoms with Crippen LogP contribution in [0.1, 0.15) is 78.8 Å². The number of carbonyl (C=O) groups excluding carboxylic acids is 4. The average molecular weight is 547 g/mol. The molecule has 10 heteroatoms. The standard InChI is InChI=1S/C28H31FN2O6.ClH/c1-16(32)19-10-13-22-21(14-19)24(31-27(35)18-8-11-20(29)12-9-18)25(28(2,3)37-22)36-23(33)15-30-26(34)17-6-4-5-7-17;/h8-14,17,24-25H,4-7,15H2,1-3H3,(H,30,34)(H,31,35);1H/t24-,25+;/m0./s1. The summed E-state index contributed by atoms with van der Waals surface area (Å²) in [6.45, 7) is 4.55. The van der Waals surface area contributed by atoms with E-state index in [0.717, 1.165) is 25.7 Å². The van der Waals surface area contributed by atoms with Gasteiger partial charge < -0.3 is 20.1 Å². The molecule has 0 saturated heterocycles. The molecule has 1 aliphatic carbocycles. The predicted molar refractivity (Wildman–Crippen MR) is 140 cm³/mol. The maximum atomic E-state index is 13.4.